The zero-order valence-electron chi connectivity index (χ0n) is 14.1. The number of furan rings is 1. The van der Waals surface area contributed by atoms with Crippen molar-refractivity contribution in [3.8, 4) is 0 Å². The van der Waals surface area contributed by atoms with Gasteiger partial charge in [-0.15, -0.1) is 0 Å². The molecular weight excluding hydrogens is 332 g/mol. The van der Waals surface area contributed by atoms with E-state index in [1.165, 1.54) is 5.56 Å². The lowest BCUT2D eigenvalue weighted by molar-refractivity contribution is 0.187. The molecule has 130 valence electrons. The van der Waals surface area contributed by atoms with Gasteiger partial charge < -0.3 is 14.6 Å². The van der Waals surface area contributed by atoms with Crippen molar-refractivity contribution in [2.45, 2.75) is 25.9 Å². The molecule has 0 aliphatic heterocycles. The molecule has 25 heavy (non-hydrogen) atoms. The molecule has 2 aromatic heterocycles. The summed E-state index contributed by atoms with van der Waals surface area (Å²) in [5.41, 5.74) is 2.43. The summed E-state index contributed by atoms with van der Waals surface area (Å²) in [6.07, 6.45) is 3.52. The molecule has 0 spiro atoms. The van der Waals surface area contributed by atoms with Crippen LogP contribution in [0, 0.1) is 0 Å². The van der Waals surface area contributed by atoms with E-state index in [9.17, 15) is 4.79 Å². The van der Waals surface area contributed by atoms with Gasteiger partial charge in [0.15, 0.2) is 0 Å². The summed E-state index contributed by atoms with van der Waals surface area (Å²) < 4.78 is 5.40. The van der Waals surface area contributed by atoms with E-state index in [0.717, 1.165) is 24.2 Å². The minimum Gasteiger partial charge on any atom is -0.467 e. The molecule has 1 aromatic carbocycles. The Kier molecular flexibility index (Phi) is 6.29. The van der Waals surface area contributed by atoms with E-state index >= 15 is 0 Å². The van der Waals surface area contributed by atoms with Crippen molar-refractivity contribution in [2.75, 3.05) is 6.54 Å². The number of urea groups is 1. The third-order valence-electron chi connectivity index (χ3n) is 3.93. The predicted molar refractivity (Wildman–Crippen MR) is 100 cm³/mol. The standard InChI is InChI=1S/C20H22N2O2S/c23-20(21-11-4-8-17-6-2-1-3-7-17)22(14-18-10-13-25-16-18)15-19-9-5-12-24-19/h1-3,5-7,9-10,12-13,16H,4,8,11,14-15H2,(H,21,23). The summed E-state index contributed by atoms with van der Waals surface area (Å²) in [5, 5.41) is 7.12. The number of rotatable bonds is 8. The fourth-order valence-electron chi connectivity index (χ4n) is 2.64. The molecule has 2 heterocycles. The largest absolute Gasteiger partial charge is 0.467 e. The highest BCUT2D eigenvalue weighted by molar-refractivity contribution is 7.07. The molecule has 4 nitrogen and oxygen atoms in total. The fourth-order valence-corrected chi connectivity index (χ4v) is 3.30. The average Bonchev–Trinajstić information content (AvgIpc) is 3.33. The van der Waals surface area contributed by atoms with Crippen LogP contribution in [0.5, 0.6) is 0 Å². The maximum Gasteiger partial charge on any atom is 0.318 e. The van der Waals surface area contributed by atoms with Crippen LogP contribution in [-0.2, 0) is 19.5 Å². The average molecular weight is 354 g/mol. The van der Waals surface area contributed by atoms with Crippen LogP contribution in [0.3, 0.4) is 0 Å². The van der Waals surface area contributed by atoms with Gasteiger partial charge >= 0.3 is 6.03 Å². The molecule has 0 aliphatic carbocycles. The van der Waals surface area contributed by atoms with Crippen LogP contribution in [0.25, 0.3) is 0 Å². The van der Waals surface area contributed by atoms with E-state index in [1.54, 1.807) is 22.5 Å². The number of amides is 2. The van der Waals surface area contributed by atoms with E-state index in [1.807, 2.05) is 41.8 Å². The molecule has 5 heteroatoms. The van der Waals surface area contributed by atoms with Gasteiger partial charge in [-0.1, -0.05) is 30.3 Å². The number of nitrogens with one attached hydrogen (secondary N) is 1. The molecule has 0 atom stereocenters. The van der Waals surface area contributed by atoms with Gasteiger partial charge in [0.25, 0.3) is 0 Å². The van der Waals surface area contributed by atoms with Crippen LogP contribution in [0.15, 0.2) is 70.0 Å². The zero-order valence-corrected chi connectivity index (χ0v) is 14.9. The monoisotopic (exact) mass is 354 g/mol. The zero-order chi connectivity index (χ0) is 17.3. The Morgan fingerprint density at radius 2 is 1.92 bits per heavy atom. The second-order valence-corrected chi connectivity index (χ2v) is 6.67. The second kappa shape index (κ2) is 9.08. The topological polar surface area (TPSA) is 45.5 Å². The van der Waals surface area contributed by atoms with Crippen molar-refractivity contribution in [2.24, 2.45) is 0 Å². The van der Waals surface area contributed by atoms with Gasteiger partial charge in [0, 0.05) is 13.1 Å². The first kappa shape index (κ1) is 17.3. The number of nitrogens with zero attached hydrogens (tertiary/aromatic N) is 1. The van der Waals surface area contributed by atoms with E-state index in [2.05, 4.69) is 22.8 Å². The van der Waals surface area contributed by atoms with Gasteiger partial charge in [-0.3, -0.25) is 0 Å². The number of benzene rings is 1. The van der Waals surface area contributed by atoms with Crippen LogP contribution in [0.4, 0.5) is 4.79 Å². The maximum atomic E-state index is 12.6. The lowest BCUT2D eigenvalue weighted by Crippen LogP contribution is -2.39. The molecule has 0 bridgehead atoms. The Morgan fingerprint density at radius 1 is 1.04 bits per heavy atom. The van der Waals surface area contributed by atoms with E-state index in [4.69, 9.17) is 4.42 Å². The Labute approximate surface area is 152 Å². The van der Waals surface area contributed by atoms with Crippen LogP contribution in [-0.4, -0.2) is 17.5 Å². The van der Waals surface area contributed by atoms with Crippen LogP contribution in [0.2, 0.25) is 0 Å². The van der Waals surface area contributed by atoms with Gasteiger partial charge in [0.2, 0.25) is 0 Å². The summed E-state index contributed by atoms with van der Waals surface area (Å²) in [6, 6.07) is 16.0. The molecule has 0 radical (unpaired) electrons. The highest BCUT2D eigenvalue weighted by Crippen LogP contribution is 2.13. The first-order chi connectivity index (χ1) is 12.3. The van der Waals surface area contributed by atoms with E-state index in [0.29, 0.717) is 19.6 Å². The van der Waals surface area contributed by atoms with Gasteiger partial charge in [0.05, 0.1) is 12.8 Å². The first-order valence-electron chi connectivity index (χ1n) is 8.41. The van der Waals surface area contributed by atoms with Crippen molar-refractivity contribution in [1.82, 2.24) is 10.2 Å². The molecule has 1 N–H and O–H groups in total. The molecule has 0 saturated heterocycles. The summed E-state index contributed by atoms with van der Waals surface area (Å²) in [4.78, 5) is 14.4. The number of hydrogen-bond donors (Lipinski definition) is 1. The van der Waals surface area contributed by atoms with Crippen molar-refractivity contribution in [1.29, 1.82) is 0 Å². The summed E-state index contributed by atoms with van der Waals surface area (Å²) in [7, 11) is 0. The fraction of sp³-hybridized carbons (Fsp3) is 0.250. The summed E-state index contributed by atoms with van der Waals surface area (Å²) in [5.74, 6) is 0.787. The normalized spacial score (nSPS) is 10.6. The number of thiophene rings is 1. The quantitative estimate of drug-likeness (QED) is 0.597. The Balaban J connectivity index is 1.51. The van der Waals surface area contributed by atoms with Crippen LogP contribution >= 0.6 is 11.3 Å². The van der Waals surface area contributed by atoms with Crippen LogP contribution < -0.4 is 5.32 Å². The summed E-state index contributed by atoms with van der Waals surface area (Å²) >= 11 is 1.64. The smallest absolute Gasteiger partial charge is 0.318 e. The van der Waals surface area contributed by atoms with Gasteiger partial charge in [-0.25, -0.2) is 4.79 Å². The Hall–Kier alpha value is -2.53. The van der Waals surface area contributed by atoms with Gasteiger partial charge in [-0.05, 0) is 52.9 Å². The third kappa shape index (κ3) is 5.50. The van der Waals surface area contributed by atoms with Gasteiger partial charge in [-0.2, -0.15) is 11.3 Å². The van der Waals surface area contributed by atoms with E-state index < -0.39 is 0 Å². The number of carbonyl (C=O) groups excluding carboxylic acids is 1. The Morgan fingerprint density at radius 3 is 2.64 bits per heavy atom. The highest BCUT2D eigenvalue weighted by Gasteiger charge is 2.15. The lowest BCUT2D eigenvalue weighted by atomic mass is 10.1. The molecule has 2 amide bonds. The number of aryl methyl sites for hydroxylation is 1. The van der Waals surface area contributed by atoms with Crippen LogP contribution in [0.1, 0.15) is 23.3 Å². The maximum absolute atomic E-state index is 12.6. The van der Waals surface area contributed by atoms with Crippen molar-refractivity contribution >= 4 is 17.4 Å². The molecule has 0 fully saturated rings. The minimum atomic E-state index is -0.0596. The SMILES string of the molecule is O=C(NCCCc1ccccc1)N(Cc1ccsc1)Cc1ccco1. The molecule has 0 saturated carbocycles. The summed E-state index contributed by atoms with van der Waals surface area (Å²) in [6.45, 7) is 1.70. The lowest BCUT2D eigenvalue weighted by Gasteiger charge is -2.22. The first-order valence-corrected chi connectivity index (χ1v) is 9.36. The predicted octanol–water partition coefficient (Wildman–Crippen LogP) is 4.69. The number of hydrogen-bond acceptors (Lipinski definition) is 3. The second-order valence-electron chi connectivity index (χ2n) is 5.89. The van der Waals surface area contributed by atoms with Crippen molar-refractivity contribution in [3.05, 3.63) is 82.4 Å². The molecular formula is C20H22N2O2S. The molecule has 0 unspecified atom stereocenters. The molecule has 3 rings (SSSR count). The number of carbonyl (C=O) groups is 1. The van der Waals surface area contributed by atoms with Crippen molar-refractivity contribution < 1.29 is 9.21 Å². The third-order valence-corrected chi connectivity index (χ3v) is 4.66. The van der Waals surface area contributed by atoms with Crippen molar-refractivity contribution in [3.63, 3.8) is 0 Å². The highest BCUT2D eigenvalue weighted by atomic mass is 32.1. The minimum absolute atomic E-state index is 0.0596. The van der Waals surface area contributed by atoms with E-state index in [-0.39, 0.29) is 6.03 Å². The van der Waals surface area contributed by atoms with Gasteiger partial charge in [0.1, 0.15) is 5.76 Å². The Bertz CT molecular complexity index is 703. The molecule has 0 aliphatic rings. The molecule has 3 aromatic rings.